The van der Waals surface area contributed by atoms with Crippen molar-refractivity contribution in [2.45, 2.75) is 37.4 Å². The topological polar surface area (TPSA) is 55.2 Å². The van der Waals surface area contributed by atoms with E-state index < -0.39 is 0 Å². The first-order valence-corrected chi connectivity index (χ1v) is 11.5. The lowest BCUT2D eigenvalue weighted by molar-refractivity contribution is -0.131. The molecule has 1 aliphatic heterocycles. The molecular formula is C20H20ClN3O2S2. The monoisotopic (exact) mass is 433 g/mol. The van der Waals surface area contributed by atoms with Crippen LogP contribution in [-0.2, 0) is 4.79 Å². The number of thiophene rings is 1. The Labute approximate surface area is 176 Å². The molecule has 28 heavy (non-hydrogen) atoms. The molecule has 146 valence electrons. The van der Waals surface area contributed by atoms with Gasteiger partial charge in [-0.1, -0.05) is 23.4 Å². The number of halogens is 1. The largest absolute Gasteiger partial charge is 0.339 e. The van der Waals surface area contributed by atoms with Gasteiger partial charge in [0.1, 0.15) is 4.70 Å². The number of fused-ring (bicyclic) bond motifs is 1. The molecule has 1 amide bonds. The zero-order chi connectivity index (χ0) is 19.7. The molecule has 5 nitrogen and oxygen atoms in total. The van der Waals surface area contributed by atoms with Crippen LogP contribution in [0, 0.1) is 0 Å². The van der Waals surface area contributed by atoms with Gasteiger partial charge in [0.2, 0.25) is 5.91 Å². The first-order chi connectivity index (χ1) is 13.5. The van der Waals surface area contributed by atoms with Gasteiger partial charge < -0.3 is 4.90 Å². The number of likely N-dealkylation sites (tertiary alicyclic amines) is 1. The predicted octanol–water partition coefficient (Wildman–Crippen LogP) is 4.59. The quantitative estimate of drug-likeness (QED) is 0.446. The fraction of sp³-hybridized carbons (Fsp3) is 0.350. The molecule has 3 aromatic rings. The van der Waals surface area contributed by atoms with Crippen molar-refractivity contribution in [3.8, 4) is 5.69 Å². The lowest BCUT2D eigenvalue weighted by Gasteiger charge is -2.33. The first-order valence-electron chi connectivity index (χ1n) is 9.23. The Balaban J connectivity index is 1.67. The van der Waals surface area contributed by atoms with Gasteiger partial charge in [-0.25, -0.2) is 4.98 Å². The Kier molecular flexibility index (Phi) is 5.75. The van der Waals surface area contributed by atoms with Gasteiger partial charge in [-0.2, -0.15) is 0 Å². The number of amides is 1. The smallest absolute Gasteiger partial charge is 0.276 e. The summed E-state index contributed by atoms with van der Waals surface area (Å²) >= 11 is 8.69. The van der Waals surface area contributed by atoms with Crippen molar-refractivity contribution < 1.29 is 4.79 Å². The van der Waals surface area contributed by atoms with Crippen LogP contribution in [0.4, 0.5) is 0 Å². The molecular weight excluding hydrogens is 414 g/mol. The van der Waals surface area contributed by atoms with Gasteiger partial charge in [0.05, 0.1) is 17.0 Å². The standard InChI is InChI=1S/C20H20ClN3O2S2/c1-13-4-2-3-10-23(13)17(25)12-28-20-22-16-9-11-27-18(16)19(26)24(20)15-7-5-14(21)6-8-15/h5-9,11,13H,2-4,10,12H2,1H3/t13-/m1/s1. The predicted molar refractivity (Wildman–Crippen MR) is 116 cm³/mol. The van der Waals surface area contributed by atoms with Gasteiger partial charge in [0, 0.05) is 17.6 Å². The number of aromatic nitrogens is 2. The lowest BCUT2D eigenvalue weighted by atomic mass is 10.0. The molecule has 1 aromatic carbocycles. The average molecular weight is 434 g/mol. The molecule has 0 radical (unpaired) electrons. The maximum Gasteiger partial charge on any atom is 0.276 e. The lowest BCUT2D eigenvalue weighted by Crippen LogP contribution is -2.43. The minimum Gasteiger partial charge on any atom is -0.339 e. The van der Waals surface area contributed by atoms with E-state index in [-0.39, 0.29) is 23.3 Å². The van der Waals surface area contributed by atoms with E-state index in [9.17, 15) is 9.59 Å². The van der Waals surface area contributed by atoms with E-state index in [0.717, 1.165) is 19.4 Å². The van der Waals surface area contributed by atoms with Crippen LogP contribution in [0.2, 0.25) is 5.02 Å². The minimum absolute atomic E-state index is 0.0968. The molecule has 0 aliphatic carbocycles. The number of thioether (sulfide) groups is 1. The number of nitrogens with zero attached hydrogens (tertiary/aromatic N) is 3. The second-order valence-electron chi connectivity index (χ2n) is 6.87. The molecule has 1 aliphatic rings. The van der Waals surface area contributed by atoms with Crippen LogP contribution in [0.1, 0.15) is 26.2 Å². The highest BCUT2D eigenvalue weighted by molar-refractivity contribution is 7.99. The van der Waals surface area contributed by atoms with Crippen molar-refractivity contribution in [2.24, 2.45) is 0 Å². The normalized spacial score (nSPS) is 17.2. The van der Waals surface area contributed by atoms with E-state index >= 15 is 0 Å². The van der Waals surface area contributed by atoms with E-state index in [1.807, 2.05) is 16.3 Å². The van der Waals surface area contributed by atoms with E-state index in [1.165, 1.54) is 29.5 Å². The summed E-state index contributed by atoms with van der Waals surface area (Å²) in [5.74, 6) is 0.361. The summed E-state index contributed by atoms with van der Waals surface area (Å²) in [6.07, 6.45) is 3.27. The van der Waals surface area contributed by atoms with Crippen LogP contribution >= 0.6 is 34.7 Å². The third-order valence-electron chi connectivity index (χ3n) is 4.98. The number of piperidine rings is 1. The van der Waals surface area contributed by atoms with Crippen molar-refractivity contribution in [3.05, 3.63) is 51.1 Å². The third-order valence-corrected chi connectivity index (χ3v) is 7.05. The van der Waals surface area contributed by atoms with Crippen LogP contribution in [0.5, 0.6) is 0 Å². The summed E-state index contributed by atoms with van der Waals surface area (Å²) < 4.78 is 2.18. The molecule has 0 bridgehead atoms. The van der Waals surface area contributed by atoms with Crippen molar-refractivity contribution >= 4 is 50.8 Å². The van der Waals surface area contributed by atoms with E-state index in [2.05, 4.69) is 11.9 Å². The number of carbonyl (C=O) groups is 1. The van der Waals surface area contributed by atoms with E-state index in [0.29, 0.717) is 26.1 Å². The van der Waals surface area contributed by atoms with Crippen molar-refractivity contribution in [1.29, 1.82) is 0 Å². The molecule has 4 rings (SSSR count). The second kappa shape index (κ2) is 8.27. The molecule has 2 aromatic heterocycles. The maximum atomic E-state index is 13.1. The van der Waals surface area contributed by atoms with Gasteiger partial charge >= 0.3 is 0 Å². The van der Waals surface area contributed by atoms with Crippen LogP contribution < -0.4 is 5.56 Å². The van der Waals surface area contributed by atoms with Gasteiger partial charge in [0.25, 0.3) is 5.56 Å². The molecule has 0 saturated carbocycles. The highest BCUT2D eigenvalue weighted by Crippen LogP contribution is 2.25. The summed E-state index contributed by atoms with van der Waals surface area (Å²) in [4.78, 5) is 32.4. The Morgan fingerprint density at radius 3 is 2.82 bits per heavy atom. The van der Waals surface area contributed by atoms with E-state index in [1.54, 1.807) is 28.8 Å². The first kappa shape index (κ1) is 19.5. The number of hydrogen-bond acceptors (Lipinski definition) is 5. The maximum absolute atomic E-state index is 13.1. The molecule has 1 saturated heterocycles. The summed E-state index contributed by atoms with van der Waals surface area (Å²) in [6, 6.07) is 9.19. The Bertz CT molecular complexity index is 1060. The summed E-state index contributed by atoms with van der Waals surface area (Å²) in [6.45, 7) is 2.91. The molecule has 0 N–H and O–H groups in total. The highest BCUT2D eigenvalue weighted by Gasteiger charge is 2.24. The SMILES string of the molecule is C[C@@H]1CCCCN1C(=O)CSc1nc2ccsc2c(=O)n1-c1ccc(Cl)cc1. The molecule has 0 spiro atoms. The number of benzene rings is 1. The Morgan fingerprint density at radius 1 is 1.29 bits per heavy atom. The van der Waals surface area contributed by atoms with Gasteiger partial charge in [-0.3, -0.25) is 14.2 Å². The highest BCUT2D eigenvalue weighted by atomic mass is 35.5. The van der Waals surface area contributed by atoms with Crippen LogP contribution in [0.15, 0.2) is 45.7 Å². The zero-order valence-corrected chi connectivity index (χ0v) is 17.8. The van der Waals surface area contributed by atoms with Gasteiger partial charge in [-0.05, 0) is 61.9 Å². The van der Waals surface area contributed by atoms with Crippen molar-refractivity contribution in [3.63, 3.8) is 0 Å². The van der Waals surface area contributed by atoms with Crippen molar-refractivity contribution in [1.82, 2.24) is 14.5 Å². The second-order valence-corrected chi connectivity index (χ2v) is 9.16. The summed E-state index contributed by atoms with van der Waals surface area (Å²) in [7, 11) is 0. The molecule has 3 heterocycles. The zero-order valence-electron chi connectivity index (χ0n) is 15.4. The Hall–Kier alpha value is -1.83. The Morgan fingerprint density at radius 2 is 2.07 bits per heavy atom. The van der Waals surface area contributed by atoms with Gasteiger partial charge in [-0.15, -0.1) is 11.3 Å². The third kappa shape index (κ3) is 3.83. The molecule has 0 unspecified atom stereocenters. The fourth-order valence-electron chi connectivity index (χ4n) is 3.48. The number of hydrogen-bond donors (Lipinski definition) is 0. The van der Waals surface area contributed by atoms with Crippen LogP contribution in [-0.4, -0.2) is 38.7 Å². The number of rotatable bonds is 4. The minimum atomic E-state index is -0.122. The molecule has 1 atom stereocenters. The summed E-state index contributed by atoms with van der Waals surface area (Å²) in [5, 5.41) is 2.99. The molecule has 8 heteroatoms. The average Bonchev–Trinajstić information content (AvgIpc) is 3.16. The van der Waals surface area contributed by atoms with Gasteiger partial charge in [0.15, 0.2) is 5.16 Å². The summed E-state index contributed by atoms with van der Waals surface area (Å²) in [5.41, 5.74) is 1.24. The fourth-order valence-corrected chi connectivity index (χ4v) is 5.27. The van der Waals surface area contributed by atoms with Crippen molar-refractivity contribution in [2.75, 3.05) is 12.3 Å². The van der Waals surface area contributed by atoms with Crippen LogP contribution in [0.3, 0.4) is 0 Å². The van der Waals surface area contributed by atoms with E-state index in [4.69, 9.17) is 11.6 Å². The molecule has 1 fully saturated rings. The number of carbonyl (C=O) groups excluding carboxylic acids is 1. The van der Waals surface area contributed by atoms with Crippen LogP contribution in [0.25, 0.3) is 15.9 Å².